The van der Waals surface area contributed by atoms with E-state index in [9.17, 15) is 9.59 Å². The van der Waals surface area contributed by atoms with Gasteiger partial charge < -0.3 is 15.5 Å². The van der Waals surface area contributed by atoms with Gasteiger partial charge in [-0.1, -0.05) is 11.6 Å². The maximum atomic E-state index is 12.1. The van der Waals surface area contributed by atoms with Crippen LogP contribution >= 0.6 is 11.6 Å². The summed E-state index contributed by atoms with van der Waals surface area (Å²) in [6, 6.07) is 8.13. The van der Waals surface area contributed by atoms with E-state index in [0.717, 1.165) is 6.54 Å². The molecule has 1 heterocycles. The van der Waals surface area contributed by atoms with Crippen LogP contribution in [-0.2, 0) is 0 Å². The zero-order valence-electron chi connectivity index (χ0n) is 13.5. The first-order chi connectivity index (χ1) is 11.5. The van der Waals surface area contributed by atoms with Gasteiger partial charge in [-0.15, -0.1) is 0 Å². The van der Waals surface area contributed by atoms with Gasteiger partial charge in [0.1, 0.15) is 0 Å². The Kier molecular flexibility index (Phi) is 6.28. The molecule has 0 atom stereocenters. The molecule has 0 unspecified atom stereocenters. The molecule has 0 fully saturated rings. The first-order valence-electron chi connectivity index (χ1n) is 7.41. The number of aromatic nitrogens is 1. The standard InChI is InChI=1S/C17H19ClN4O2/c1-22(2)9-8-20-17(24)14-6-5-13(10-15(14)18)21-16(23)12-4-3-7-19-11-12/h3-7,10-11H,8-9H2,1-2H3,(H,20,24)(H,21,23). The molecule has 2 N–H and O–H groups in total. The first kappa shape index (κ1) is 17.9. The molecule has 126 valence electrons. The average molecular weight is 347 g/mol. The Labute approximate surface area is 145 Å². The molecule has 0 radical (unpaired) electrons. The molecular weight excluding hydrogens is 328 g/mol. The van der Waals surface area contributed by atoms with Gasteiger partial charge in [0, 0.05) is 31.2 Å². The minimum atomic E-state index is -0.289. The quantitative estimate of drug-likeness (QED) is 0.841. The van der Waals surface area contributed by atoms with Crippen LogP contribution in [0.3, 0.4) is 0 Å². The molecule has 1 aromatic heterocycles. The van der Waals surface area contributed by atoms with E-state index in [-0.39, 0.29) is 16.8 Å². The van der Waals surface area contributed by atoms with Crippen LogP contribution < -0.4 is 10.6 Å². The second-order valence-electron chi connectivity index (χ2n) is 5.45. The Balaban J connectivity index is 2.01. The highest BCUT2D eigenvalue weighted by molar-refractivity contribution is 6.34. The lowest BCUT2D eigenvalue weighted by Crippen LogP contribution is -2.31. The number of pyridine rings is 1. The SMILES string of the molecule is CN(C)CCNC(=O)c1ccc(NC(=O)c2cccnc2)cc1Cl. The molecule has 2 aromatic rings. The summed E-state index contributed by atoms with van der Waals surface area (Å²) in [6.45, 7) is 1.27. The van der Waals surface area contributed by atoms with Gasteiger partial charge in [-0.2, -0.15) is 0 Å². The van der Waals surface area contributed by atoms with Crippen molar-refractivity contribution in [1.29, 1.82) is 0 Å². The smallest absolute Gasteiger partial charge is 0.257 e. The number of nitrogens with one attached hydrogen (secondary N) is 2. The Bertz CT molecular complexity index is 720. The molecule has 24 heavy (non-hydrogen) atoms. The molecule has 7 heteroatoms. The summed E-state index contributed by atoms with van der Waals surface area (Å²) >= 11 is 6.16. The molecule has 0 spiro atoms. The topological polar surface area (TPSA) is 74.3 Å². The van der Waals surface area contributed by atoms with Crippen LogP contribution in [0.25, 0.3) is 0 Å². The molecule has 0 saturated carbocycles. The predicted molar refractivity (Wildman–Crippen MR) is 94.5 cm³/mol. The van der Waals surface area contributed by atoms with Gasteiger partial charge in [-0.25, -0.2) is 0 Å². The summed E-state index contributed by atoms with van der Waals surface area (Å²) in [5, 5.41) is 5.80. The fraction of sp³-hybridized carbons (Fsp3) is 0.235. The van der Waals surface area contributed by atoms with Gasteiger partial charge in [0.05, 0.1) is 16.1 Å². The number of carbonyl (C=O) groups is 2. The van der Waals surface area contributed by atoms with Gasteiger partial charge in [0.2, 0.25) is 0 Å². The van der Waals surface area contributed by atoms with Crippen LogP contribution in [0.1, 0.15) is 20.7 Å². The molecule has 0 aliphatic heterocycles. The Morgan fingerprint density at radius 1 is 1.21 bits per heavy atom. The van der Waals surface area contributed by atoms with Crippen LogP contribution in [0, 0.1) is 0 Å². The lowest BCUT2D eigenvalue weighted by Gasteiger charge is -2.12. The summed E-state index contributed by atoms with van der Waals surface area (Å²) < 4.78 is 0. The molecule has 6 nitrogen and oxygen atoms in total. The second kappa shape index (κ2) is 8.42. The van der Waals surface area contributed by atoms with Crippen LogP contribution in [-0.4, -0.2) is 48.9 Å². The Hall–Kier alpha value is -2.44. The summed E-state index contributed by atoms with van der Waals surface area (Å²) in [7, 11) is 3.86. The van der Waals surface area contributed by atoms with Crippen molar-refractivity contribution in [1.82, 2.24) is 15.2 Å². The van der Waals surface area contributed by atoms with Crippen molar-refractivity contribution in [3.8, 4) is 0 Å². The third-order valence-corrected chi connectivity index (χ3v) is 3.55. The summed E-state index contributed by atoms with van der Waals surface area (Å²) in [5.41, 5.74) is 1.33. The molecular formula is C17H19ClN4O2. The molecule has 2 rings (SSSR count). The van der Waals surface area contributed by atoms with Crippen molar-refractivity contribution < 1.29 is 9.59 Å². The highest BCUT2D eigenvalue weighted by atomic mass is 35.5. The Morgan fingerprint density at radius 3 is 2.62 bits per heavy atom. The minimum absolute atomic E-state index is 0.244. The highest BCUT2D eigenvalue weighted by Gasteiger charge is 2.12. The molecule has 0 saturated heterocycles. The van der Waals surface area contributed by atoms with Gasteiger partial charge in [0.15, 0.2) is 0 Å². The number of nitrogens with zero attached hydrogens (tertiary/aromatic N) is 2. The van der Waals surface area contributed by atoms with Crippen molar-refractivity contribution >= 4 is 29.1 Å². The maximum Gasteiger partial charge on any atom is 0.257 e. The number of hydrogen-bond acceptors (Lipinski definition) is 4. The molecule has 0 aliphatic rings. The van der Waals surface area contributed by atoms with Crippen LogP contribution in [0.2, 0.25) is 5.02 Å². The summed E-state index contributed by atoms with van der Waals surface area (Å²) in [6.07, 6.45) is 3.07. The van der Waals surface area contributed by atoms with Crippen molar-refractivity contribution in [2.75, 3.05) is 32.5 Å². The average Bonchev–Trinajstić information content (AvgIpc) is 2.55. The van der Waals surface area contributed by atoms with Gasteiger partial charge in [-0.3, -0.25) is 14.6 Å². The third kappa shape index (κ3) is 5.04. The fourth-order valence-corrected chi connectivity index (χ4v) is 2.23. The number of benzene rings is 1. The monoisotopic (exact) mass is 346 g/mol. The molecule has 1 aromatic carbocycles. The van der Waals surface area contributed by atoms with Gasteiger partial charge >= 0.3 is 0 Å². The molecule has 0 bridgehead atoms. The zero-order valence-corrected chi connectivity index (χ0v) is 14.3. The minimum Gasteiger partial charge on any atom is -0.351 e. The van der Waals surface area contributed by atoms with E-state index in [1.165, 1.54) is 6.20 Å². The van der Waals surface area contributed by atoms with Crippen molar-refractivity contribution in [3.05, 3.63) is 58.9 Å². The van der Waals surface area contributed by atoms with E-state index in [4.69, 9.17) is 11.6 Å². The van der Waals surface area contributed by atoms with E-state index in [0.29, 0.717) is 23.4 Å². The van der Waals surface area contributed by atoms with Crippen molar-refractivity contribution in [3.63, 3.8) is 0 Å². The van der Waals surface area contributed by atoms with Crippen LogP contribution in [0.5, 0.6) is 0 Å². The second-order valence-corrected chi connectivity index (χ2v) is 5.86. The predicted octanol–water partition coefficient (Wildman–Crippen LogP) is 2.28. The summed E-state index contributed by atoms with van der Waals surface area (Å²) in [4.78, 5) is 30.0. The summed E-state index contributed by atoms with van der Waals surface area (Å²) in [5.74, 6) is -0.533. The van der Waals surface area contributed by atoms with E-state index in [1.807, 2.05) is 19.0 Å². The van der Waals surface area contributed by atoms with Crippen molar-refractivity contribution in [2.24, 2.45) is 0 Å². The highest BCUT2D eigenvalue weighted by Crippen LogP contribution is 2.21. The largest absolute Gasteiger partial charge is 0.351 e. The van der Waals surface area contributed by atoms with Crippen molar-refractivity contribution in [2.45, 2.75) is 0 Å². The van der Waals surface area contributed by atoms with E-state index in [2.05, 4.69) is 15.6 Å². The van der Waals surface area contributed by atoms with Crippen LogP contribution in [0.15, 0.2) is 42.7 Å². The normalized spacial score (nSPS) is 10.5. The number of hydrogen-bond donors (Lipinski definition) is 2. The zero-order chi connectivity index (χ0) is 17.5. The van der Waals surface area contributed by atoms with Gasteiger partial charge in [-0.05, 0) is 44.4 Å². The van der Waals surface area contributed by atoms with Crippen LogP contribution in [0.4, 0.5) is 5.69 Å². The molecule has 0 aliphatic carbocycles. The van der Waals surface area contributed by atoms with E-state index in [1.54, 1.807) is 36.5 Å². The first-order valence-corrected chi connectivity index (χ1v) is 7.79. The third-order valence-electron chi connectivity index (χ3n) is 3.24. The number of halogens is 1. The number of rotatable bonds is 6. The lowest BCUT2D eigenvalue weighted by molar-refractivity contribution is 0.0950. The lowest BCUT2D eigenvalue weighted by atomic mass is 10.2. The van der Waals surface area contributed by atoms with E-state index < -0.39 is 0 Å². The maximum absolute atomic E-state index is 12.1. The van der Waals surface area contributed by atoms with E-state index >= 15 is 0 Å². The number of anilines is 1. The molecule has 2 amide bonds. The number of carbonyl (C=O) groups excluding carboxylic acids is 2. The Morgan fingerprint density at radius 2 is 2.00 bits per heavy atom. The van der Waals surface area contributed by atoms with Gasteiger partial charge in [0.25, 0.3) is 11.8 Å². The number of amides is 2. The number of likely N-dealkylation sites (N-methyl/N-ethyl adjacent to an activating group) is 1. The fourth-order valence-electron chi connectivity index (χ4n) is 1.97.